The van der Waals surface area contributed by atoms with Gasteiger partial charge in [-0.3, -0.25) is 9.59 Å². The molecule has 3 heterocycles. The molecule has 1 aromatic carbocycles. The standard InChI is InChI=1S/C22H22FN3O3/c1-22(21-24-14-17(29-21)13-15-5-7-16(23)8-6-15)9-11-26(12-10-22)20(28)18-3-2-4-19(27)25-18/h2-8,14H,9-13H2,1H3,(H,25,27). The van der Waals surface area contributed by atoms with Crippen LogP contribution in [0.2, 0.25) is 0 Å². The smallest absolute Gasteiger partial charge is 0.270 e. The summed E-state index contributed by atoms with van der Waals surface area (Å²) in [5.41, 5.74) is 0.712. The van der Waals surface area contributed by atoms with E-state index in [1.807, 2.05) is 0 Å². The predicted octanol–water partition coefficient (Wildman–Crippen LogP) is 3.29. The van der Waals surface area contributed by atoms with Crippen LogP contribution in [0.5, 0.6) is 0 Å². The fraction of sp³-hybridized carbons (Fsp3) is 0.318. The Morgan fingerprint density at radius 3 is 2.62 bits per heavy atom. The second-order valence-corrected chi connectivity index (χ2v) is 7.72. The highest BCUT2D eigenvalue weighted by Crippen LogP contribution is 2.35. The van der Waals surface area contributed by atoms with Crippen molar-refractivity contribution in [1.29, 1.82) is 0 Å². The van der Waals surface area contributed by atoms with Crippen LogP contribution in [0.15, 0.2) is 57.9 Å². The molecule has 7 heteroatoms. The molecule has 2 aromatic heterocycles. The van der Waals surface area contributed by atoms with E-state index in [2.05, 4.69) is 16.9 Å². The first-order chi connectivity index (χ1) is 13.9. The number of amides is 1. The molecule has 0 atom stereocenters. The van der Waals surface area contributed by atoms with Crippen molar-refractivity contribution < 1.29 is 13.6 Å². The lowest BCUT2D eigenvalue weighted by atomic mass is 9.80. The molecule has 0 unspecified atom stereocenters. The molecule has 6 nitrogen and oxygen atoms in total. The maximum absolute atomic E-state index is 13.1. The van der Waals surface area contributed by atoms with E-state index in [4.69, 9.17) is 4.42 Å². The predicted molar refractivity (Wildman–Crippen MR) is 105 cm³/mol. The van der Waals surface area contributed by atoms with E-state index >= 15 is 0 Å². The summed E-state index contributed by atoms with van der Waals surface area (Å²) in [6, 6.07) is 10.9. The normalized spacial score (nSPS) is 16.0. The Morgan fingerprint density at radius 2 is 1.93 bits per heavy atom. The van der Waals surface area contributed by atoms with E-state index in [1.165, 1.54) is 18.2 Å². The summed E-state index contributed by atoms with van der Waals surface area (Å²) in [4.78, 5) is 32.9. The third-order valence-corrected chi connectivity index (χ3v) is 5.51. The zero-order chi connectivity index (χ0) is 20.4. The van der Waals surface area contributed by atoms with Crippen molar-refractivity contribution in [1.82, 2.24) is 14.9 Å². The van der Waals surface area contributed by atoms with Gasteiger partial charge in [-0.2, -0.15) is 0 Å². The minimum absolute atomic E-state index is 0.172. The molecule has 150 valence electrons. The molecule has 29 heavy (non-hydrogen) atoms. The third-order valence-electron chi connectivity index (χ3n) is 5.51. The highest BCUT2D eigenvalue weighted by molar-refractivity contribution is 5.92. The number of carbonyl (C=O) groups is 1. The van der Waals surface area contributed by atoms with Gasteiger partial charge in [-0.1, -0.05) is 25.1 Å². The summed E-state index contributed by atoms with van der Waals surface area (Å²) < 4.78 is 19.1. The number of pyridine rings is 1. The summed E-state index contributed by atoms with van der Waals surface area (Å²) in [5.74, 6) is 0.956. The number of hydrogen-bond acceptors (Lipinski definition) is 4. The Morgan fingerprint density at radius 1 is 1.21 bits per heavy atom. The first kappa shape index (κ1) is 19.1. The van der Waals surface area contributed by atoms with E-state index in [9.17, 15) is 14.0 Å². The van der Waals surface area contributed by atoms with Crippen LogP contribution in [-0.4, -0.2) is 33.9 Å². The number of halogens is 1. The maximum Gasteiger partial charge on any atom is 0.270 e. The highest BCUT2D eigenvalue weighted by atomic mass is 19.1. The zero-order valence-corrected chi connectivity index (χ0v) is 16.2. The third kappa shape index (κ3) is 4.13. The molecule has 0 spiro atoms. The van der Waals surface area contributed by atoms with Gasteiger partial charge >= 0.3 is 0 Å². The van der Waals surface area contributed by atoms with Gasteiger partial charge in [0, 0.05) is 31.0 Å². The van der Waals surface area contributed by atoms with E-state index in [1.54, 1.807) is 35.4 Å². The number of carbonyl (C=O) groups excluding carboxylic acids is 1. The van der Waals surface area contributed by atoms with E-state index < -0.39 is 0 Å². The number of nitrogens with zero attached hydrogens (tertiary/aromatic N) is 2. The lowest BCUT2D eigenvalue weighted by molar-refractivity contribution is 0.0651. The van der Waals surface area contributed by atoms with Crippen LogP contribution in [0.3, 0.4) is 0 Å². The van der Waals surface area contributed by atoms with E-state index in [0.717, 1.165) is 11.3 Å². The molecule has 1 aliphatic heterocycles. The van der Waals surface area contributed by atoms with Crippen LogP contribution in [0.1, 0.15) is 47.5 Å². The number of H-pyrrole nitrogens is 1. The first-order valence-corrected chi connectivity index (χ1v) is 9.61. The van der Waals surface area contributed by atoms with Gasteiger partial charge in [-0.25, -0.2) is 9.37 Å². The number of benzene rings is 1. The first-order valence-electron chi connectivity index (χ1n) is 9.61. The van der Waals surface area contributed by atoms with Crippen LogP contribution in [0.25, 0.3) is 0 Å². The Bertz CT molecular complexity index is 1060. The molecule has 0 aliphatic carbocycles. The Hall–Kier alpha value is -3.22. The summed E-state index contributed by atoms with van der Waals surface area (Å²) in [6.07, 6.45) is 3.70. The number of rotatable bonds is 4. The van der Waals surface area contributed by atoms with Crippen molar-refractivity contribution in [2.45, 2.75) is 31.6 Å². The van der Waals surface area contributed by atoms with Gasteiger partial charge in [0.05, 0.1) is 6.20 Å². The summed E-state index contributed by atoms with van der Waals surface area (Å²) in [5, 5.41) is 0. The number of oxazole rings is 1. The molecule has 3 aromatic rings. The number of aromatic nitrogens is 2. The number of likely N-dealkylation sites (tertiary alicyclic amines) is 1. The fourth-order valence-electron chi connectivity index (χ4n) is 3.63. The second-order valence-electron chi connectivity index (χ2n) is 7.72. The van der Waals surface area contributed by atoms with Crippen molar-refractivity contribution >= 4 is 5.91 Å². The summed E-state index contributed by atoms with van der Waals surface area (Å²) >= 11 is 0. The molecule has 1 aliphatic rings. The monoisotopic (exact) mass is 395 g/mol. The molecule has 4 rings (SSSR count). The Kier molecular flexibility index (Phi) is 5.05. The topological polar surface area (TPSA) is 79.2 Å². The molecular weight excluding hydrogens is 373 g/mol. The SMILES string of the molecule is CC1(c2ncc(Cc3ccc(F)cc3)o2)CCN(C(=O)c2cccc(=O)[nH]2)CC1. The van der Waals surface area contributed by atoms with Crippen molar-refractivity contribution in [3.05, 3.63) is 87.7 Å². The average molecular weight is 395 g/mol. The van der Waals surface area contributed by atoms with Crippen molar-refractivity contribution in [3.8, 4) is 0 Å². The van der Waals surface area contributed by atoms with Crippen LogP contribution in [0.4, 0.5) is 4.39 Å². The molecule has 1 fully saturated rings. The minimum Gasteiger partial charge on any atom is -0.445 e. The van der Waals surface area contributed by atoms with Crippen LogP contribution >= 0.6 is 0 Å². The van der Waals surface area contributed by atoms with Crippen LogP contribution in [0, 0.1) is 5.82 Å². The maximum atomic E-state index is 13.1. The molecule has 1 N–H and O–H groups in total. The van der Waals surface area contributed by atoms with Crippen molar-refractivity contribution in [2.24, 2.45) is 0 Å². The largest absolute Gasteiger partial charge is 0.445 e. The Labute approximate surface area is 167 Å². The van der Waals surface area contributed by atoms with Crippen LogP contribution < -0.4 is 5.56 Å². The molecule has 0 radical (unpaired) electrons. The van der Waals surface area contributed by atoms with Gasteiger partial charge in [-0.15, -0.1) is 0 Å². The molecule has 0 bridgehead atoms. The number of hydrogen-bond donors (Lipinski definition) is 1. The van der Waals surface area contributed by atoms with Gasteiger partial charge < -0.3 is 14.3 Å². The number of nitrogens with one attached hydrogen (secondary N) is 1. The lowest BCUT2D eigenvalue weighted by Crippen LogP contribution is -2.44. The zero-order valence-electron chi connectivity index (χ0n) is 16.2. The van der Waals surface area contributed by atoms with Gasteiger partial charge in [-0.05, 0) is 36.6 Å². The van der Waals surface area contributed by atoms with Gasteiger partial charge in [0.25, 0.3) is 5.91 Å². The minimum atomic E-state index is -0.286. The summed E-state index contributed by atoms with van der Waals surface area (Å²) in [7, 11) is 0. The molecular formula is C22H22FN3O3. The Balaban J connectivity index is 1.41. The number of aromatic amines is 1. The fourth-order valence-corrected chi connectivity index (χ4v) is 3.63. The van der Waals surface area contributed by atoms with Crippen molar-refractivity contribution in [2.75, 3.05) is 13.1 Å². The van der Waals surface area contributed by atoms with Gasteiger partial charge in [0.15, 0.2) is 5.89 Å². The average Bonchev–Trinajstić information content (AvgIpc) is 3.19. The van der Waals surface area contributed by atoms with Crippen molar-refractivity contribution in [3.63, 3.8) is 0 Å². The molecule has 1 amide bonds. The lowest BCUT2D eigenvalue weighted by Gasteiger charge is -2.37. The van der Waals surface area contributed by atoms with E-state index in [0.29, 0.717) is 43.9 Å². The van der Waals surface area contributed by atoms with Gasteiger partial charge in [0.2, 0.25) is 5.56 Å². The van der Waals surface area contributed by atoms with Gasteiger partial charge in [0.1, 0.15) is 17.3 Å². The van der Waals surface area contributed by atoms with Crippen LogP contribution in [-0.2, 0) is 11.8 Å². The van der Waals surface area contributed by atoms with E-state index in [-0.39, 0.29) is 22.7 Å². The second kappa shape index (κ2) is 7.66. The molecule has 0 saturated carbocycles. The number of piperidine rings is 1. The highest BCUT2D eigenvalue weighted by Gasteiger charge is 2.37. The quantitative estimate of drug-likeness (QED) is 0.735. The summed E-state index contributed by atoms with van der Waals surface area (Å²) in [6.45, 7) is 3.20. The molecule has 1 saturated heterocycles.